The van der Waals surface area contributed by atoms with Gasteiger partial charge in [-0.2, -0.15) is 0 Å². The third-order valence-corrected chi connectivity index (χ3v) is 7.76. The van der Waals surface area contributed by atoms with Crippen molar-refractivity contribution in [2.45, 2.75) is 72.1 Å². The zero-order valence-corrected chi connectivity index (χ0v) is 20.2. The Morgan fingerprint density at radius 1 is 1.13 bits per heavy atom. The van der Waals surface area contributed by atoms with Gasteiger partial charge in [0, 0.05) is 44.0 Å². The van der Waals surface area contributed by atoms with Crippen LogP contribution in [0.3, 0.4) is 0 Å². The van der Waals surface area contributed by atoms with Crippen LogP contribution in [0.1, 0.15) is 69.1 Å². The molecule has 2 aromatic heterocycles. The number of hydrogen-bond acceptors (Lipinski definition) is 5. The van der Waals surface area contributed by atoms with Gasteiger partial charge in [0.15, 0.2) is 0 Å². The molecular weight excluding hydrogens is 406 g/mol. The number of carbonyl (C=O) groups excluding carboxylic acids is 1. The molecule has 2 aromatic rings. The van der Waals surface area contributed by atoms with Crippen LogP contribution in [0.4, 0.5) is 10.6 Å². The minimum atomic E-state index is 0.0754. The Kier molecular flexibility index (Phi) is 7.31. The SMILES string of the molecule is CCCCNC(=O)N1CCN(c2nc(CCCC)nc3sc4c(c23)CC[C@@H](C)C4)CC1. The van der Waals surface area contributed by atoms with Crippen LogP contribution in [0, 0.1) is 5.92 Å². The second kappa shape index (κ2) is 10.2. The van der Waals surface area contributed by atoms with E-state index in [1.807, 2.05) is 16.2 Å². The van der Waals surface area contributed by atoms with Gasteiger partial charge in [-0.3, -0.25) is 0 Å². The Labute approximate surface area is 190 Å². The summed E-state index contributed by atoms with van der Waals surface area (Å²) in [5.74, 6) is 2.86. The minimum absolute atomic E-state index is 0.0754. The number of rotatable bonds is 7. The molecule has 1 aliphatic carbocycles. The summed E-state index contributed by atoms with van der Waals surface area (Å²) >= 11 is 1.89. The second-order valence-corrected chi connectivity index (χ2v) is 10.2. The van der Waals surface area contributed by atoms with Crippen molar-refractivity contribution in [3.63, 3.8) is 0 Å². The zero-order chi connectivity index (χ0) is 21.8. The molecule has 6 nitrogen and oxygen atoms in total. The maximum atomic E-state index is 12.5. The van der Waals surface area contributed by atoms with Crippen molar-refractivity contribution >= 4 is 33.4 Å². The normalized spacial score (nSPS) is 19.0. The van der Waals surface area contributed by atoms with Crippen molar-refractivity contribution in [1.82, 2.24) is 20.2 Å². The fourth-order valence-electron chi connectivity index (χ4n) is 4.65. The highest BCUT2D eigenvalue weighted by atomic mass is 32.1. The number of amides is 2. The van der Waals surface area contributed by atoms with Gasteiger partial charge in [-0.05, 0) is 43.6 Å². The van der Waals surface area contributed by atoms with Crippen LogP contribution < -0.4 is 10.2 Å². The molecule has 1 aliphatic heterocycles. The standard InChI is InChI=1S/C24H37N5OS/c1-4-6-8-20-26-22(21-18-10-9-17(3)16-19(18)31-23(21)27-20)28-12-14-29(15-13-28)24(30)25-11-7-5-2/h17H,4-16H2,1-3H3,(H,25,30)/t17-/m1/s1. The number of anilines is 1. The molecule has 0 bridgehead atoms. The number of fused-ring (bicyclic) bond motifs is 3. The maximum absolute atomic E-state index is 12.5. The predicted molar refractivity (Wildman–Crippen MR) is 129 cm³/mol. The average Bonchev–Trinajstić information content (AvgIpc) is 3.14. The van der Waals surface area contributed by atoms with Crippen molar-refractivity contribution in [2.24, 2.45) is 5.92 Å². The molecule has 0 unspecified atom stereocenters. The molecule has 0 radical (unpaired) electrons. The molecule has 2 aliphatic rings. The summed E-state index contributed by atoms with van der Waals surface area (Å²) in [6.07, 6.45) is 8.92. The molecule has 7 heteroatoms. The molecule has 31 heavy (non-hydrogen) atoms. The molecule has 0 saturated carbocycles. The van der Waals surface area contributed by atoms with Crippen molar-refractivity contribution in [2.75, 3.05) is 37.6 Å². The predicted octanol–water partition coefficient (Wildman–Crippen LogP) is 4.79. The van der Waals surface area contributed by atoms with Gasteiger partial charge in [0.2, 0.25) is 0 Å². The third-order valence-electron chi connectivity index (χ3n) is 6.61. The van der Waals surface area contributed by atoms with E-state index in [9.17, 15) is 4.79 Å². The van der Waals surface area contributed by atoms with Gasteiger partial charge in [0.1, 0.15) is 16.5 Å². The first-order chi connectivity index (χ1) is 15.1. The molecule has 0 aromatic carbocycles. The van der Waals surface area contributed by atoms with E-state index >= 15 is 0 Å². The van der Waals surface area contributed by atoms with Gasteiger partial charge in [-0.25, -0.2) is 14.8 Å². The van der Waals surface area contributed by atoms with E-state index in [1.165, 1.54) is 33.5 Å². The van der Waals surface area contributed by atoms with Gasteiger partial charge in [-0.15, -0.1) is 11.3 Å². The Morgan fingerprint density at radius 3 is 2.65 bits per heavy atom. The number of urea groups is 1. The molecule has 1 saturated heterocycles. The lowest BCUT2D eigenvalue weighted by atomic mass is 9.89. The zero-order valence-electron chi connectivity index (χ0n) is 19.4. The topological polar surface area (TPSA) is 61.4 Å². The van der Waals surface area contributed by atoms with Gasteiger partial charge in [0.25, 0.3) is 0 Å². The van der Waals surface area contributed by atoms with Crippen LogP contribution in [0.15, 0.2) is 0 Å². The summed E-state index contributed by atoms with van der Waals surface area (Å²) in [7, 11) is 0. The van der Waals surface area contributed by atoms with Gasteiger partial charge >= 0.3 is 6.03 Å². The van der Waals surface area contributed by atoms with E-state index in [-0.39, 0.29) is 6.03 Å². The summed E-state index contributed by atoms with van der Waals surface area (Å²) in [5.41, 5.74) is 1.50. The number of nitrogens with zero attached hydrogens (tertiary/aromatic N) is 4. The minimum Gasteiger partial charge on any atom is -0.352 e. The van der Waals surface area contributed by atoms with E-state index in [0.29, 0.717) is 0 Å². The molecule has 170 valence electrons. The lowest BCUT2D eigenvalue weighted by molar-refractivity contribution is 0.194. The summed E-state index contributed by atoms with van der Waals surface area (Å²) in [4.78, 5) is 29.6. The smallest absolute Gasteiger partial charge is 0.317 e. The number of aromatic nitrogens is 2. The lowest BCUT2D eigenvalue weighted by Gasteiger charge is -2.36. The van der Waals surface area contributed by atoms with Crippen LogP contribution in [0.2, 0.25) is 0 Å². The van der Waals surface area contributed by atoms with Crippen LogP contribution in [-0.4, -0.2) is 53.6 Å². The summed E-state index contributed by atoms with van der Waals surface area (Å²) in [6.45, 7) is 10.7. The fraction of sp³-hybridized carbons (Fsp3) is 0.708. The first-order valence-corrected chi connectivity index (χ1v) is 13.0. The van der Waals surface area contributed by atoms with Gasteiger partial charge in [0.05, 0.1) is 5.39 Å². The number of aryl methyl sites for hydroxylation is 2. The second-order valence-electron chi connectivity index (χ2n) is 9.16. The molecule has 1 atom stereocenters. The summed E-state index contributed by atoms with van der Waals surface area (Å²) in [5, 5.41) is 4.35. The van der Waals surface area contributed by atoms with E-state index in [4.69, 9.17) is 9.97 Å². The van der Waals surface area contributed by atoms with E-state index in [1.54, 1.807) is 0 Å². The number of unbranched alkanes of at least 4 members (excludes halogenated alkanes) is 2. The Balaban J connectivity index is 1.57. The highest BCUT2D eigenvalue weighted by molar-refractivity contribution is 7.19. The van der Waals surface area contributed by atoms with Crippen LogP contribution in [0.5, 0.6) is 0 Å². The van der Waals surface area contributed by atoms with Crippen molar-refractivity contribution in [3.8, 4) is 0 Å². The molecule has 4 rings (SSSR count). The first-order valence-electron chi connectivity index (χ1n) is 12.2. The summed E-state index contributed by atoms with van der Waals surface area (Å²) in [6, 6.07) is 0.0754. The first kappa shape index (κ1) is 22.3. The third kappa shape index (κ3) is 4.97. The largest absolute Gasteiger partial charge is 0.352 e. The Morgan fingerprint density at radius 2 is 1.90 bits per heavy atom. The molecule has 0 spiro atoms. The highest BCUT2D eigenvalue weighted by Crippen LogP contribution is 2.41. The molecular formula is C24H37N5OS. The number of hydrogen-bond donors (Lipinski definition) is 1. The van der Waals surface area contributed by atoms with Crippen LogP contribution in [-0.2, 0) is 19.3 Å². The fourth-order valence-corrected chi connectivity index (χ4v) is 6.04. The summed E-state index contributed by atoms with van der Waals surface area (Å²) < 4.78 is 0. The molecule has 1 fully saturated rings. The highest BCUT2D eigenvalue weighted by Gasteiger charge is 2.28. The van der Waals surface area contributed by atoms with Crippen molar-refractivity contribution in [3.05, 3.63) is 16.3 Å². The quantitative estimate of drug-likeness (QED) is 0.625. The van der Waals surface area contributed by atoms with Gasteiger partial charge < -0.3 is 15.1 Å². The number of piperazine rings is 1. The van der Waals surface area contributed by atoms with E-state index < -0.39 is 0 Å². The van der Waals surface area contributed by atoms with Crippen LogP contribution >= 0.6 is 11.3 Å². The Bertz CT molecular complexity index is 903. The van der Waals surface area contributed by atoms with E-state index in [0.717, 1.165) is 88.8 Å². The van der Waals surface area contributed by atoms with Crippen molar-refractivity contribution < 1.29 is 4.79 Å². The Hall–Kier alpha value is -1.89. The maximum Gasteiger partial charge on any atom is 0.317 e. The number of nitrogens with one attached hydrogen (secondary N) is 1. The number of thiophene rings is 1. The molecule has 3 heterocycles. The molecule has 2 amide bonds. The van der Waals surface area contributed by atoms with Crippen molar-refractivity contribution in [1.29, 1.82) is 0 Å². The van der Waals surface area contributed by atoms with Crippen LogP contribution in [0.25, 0.3) is 10.2 Å². The van der Waals surface area contributed by atoms with Gasteiger partial charge in [-0.1, -0.05) is 33.6 Å². The lowest BCUT2D eigenvalue weighted by Crippen LogP contribution is -2.52. The average molecular weight is 444 g/mol. The number of carbonyl (C=O) groups is 1. The molecule has 1 N–H and O–H groups in total. The van der Waals surface area contributed by atoms with E-state index in [2.05, 4.69) is 31.0 Å². The monoisotopic (exact) mass is 443 g/mol.